The van der Waals surface area contributed by atoms with Crippen molar-refractivity contribution in [1.82, 2.24) is 0 Å². The molecule has 0 aliphatic heterocycles. The molecule has 0 saturated heterocycles. The molecular weight excluding hydrogens is 252 g/mol. The topological polar surface area (TPSA) is 35.8 Å². The lowest BCUT2D eigenvalue weighted by Crippen LogP contribution is -1.94. The molecule has 0 spiro atoms. The summed E-state index contributed by atoms with van der Waals surface area (Å²) in [5.41, 5.74) is 3.67. The van der Waals surface area contributed by atoms with E-state index in [1.807, 2.05) is 31.2 Å². The Morgan fingerprint density at radius 1 is 1.11 bits per heavy atom. The lowest BCUT2D eigenvalue weighted by atomic mass is 10.1. The Morgan fingerprint density at radius 2 is 2.00 bits per heavy atom. The van der Waals surface area contributed by atoms with Crippen molar-refractivity contribution < 1.29 is 0 Å². The predicted molar refractivity (Wildman–Crippen MR) is 81.0 cm³/mol. The number of nitriles is 1. The Balaban J connectivity index is 2.00. The summed E-state index contributed by atoms with van der Waals surface area (Å²) in [6, 6.07) is 16.4. The second-order valence-corrected chi connectivity index (χ2v) is 5.41. The summed E-state index contributed by atoms with van der Waals surface area (Å²) in [5.74, 6) is 0. The number of thiophene rings is 1. The van der Waals surface area contributed by atoms with Crippen LogP contribution < -0.4 is 5.32 Å². The molecule has 2 nitrogen and oxygen atoms in total. The van der Waals surface area contributed by atoms with Crippen molar-refractivity contribution in [2.75, 3.05) is 5.32 Å². The minimum Gasteiger partial charge on any atom is -0.354 e. The summed E-state index contributed by atoms with van der Waals surface area (Å²) >= 11 is 1.73. The third-order valence-corrected chi connectivity index (χ3v) is 3.92. The summed E-state index contributed by atoms with van der Waals surface area (Å²) in [6.45, 7) is 2.02. The predicted octanol–water partition coefficient (Wildman–Crippen LogP) is 4.83. The highest BCUT2D eigenvalue weighted by molar-refractivity contribution is 7.17. The molecule has 1 aromatic heterocycles. The molecule has 19 heavy (non-hydrogen) atoms. The van der Waals surface area contributed by atoms with Gasteiger partial charge in [0.25, 0.3) is 0 Å². The Labute approximate surface area is 115 Å². The monoisotopic (exact) mass is 264 g/mol. The van der Waals surface area contributed by atoms with Crippen LogP contribution in [-0.2, 0) is 0 Å². The van der Waals surface area contributed by atoms with Crippen molar-refractivity contribution in [2.45, 2.75) is 6.92 Å². The molecule has 0 aliphatic carbocycles. The van der Waals surface area contributed by atoms with Gasteiger partial charge in [0, 0.05) is 10.4 Å². The summed E-state index contributed by atoms with van der Waals surface area (Å²) < 4.78 is 1.27. The van der Waals surface area contributed by atoms with Crippen molar-refractivity contribution in [2.24, 2.45) is 0 Å². The van der Waals surface area contributed by atoms with E-state index in [9.17, 15) is 0 Å². The zero-order chi connectivity index (χ0) is 13.2. The van der Waals surface area contributed by atoms with E-state index in [1.165, 1.54) is 10.1 Å². The highest BCUT2D eigenvalue weighted by Crippen LogP contribution is 2.27. The first-order valence-corrected chi connectivity index (χ1v) is 6.89. The minimum absolute atomic E-state index is 0.663. The van der Waals surface area contributed by atoms with Crippen molar-refractivity contribution in [3.8, 4) is 6.07 Å². The zero-order valence-electron chi connectivity index (χ0n) is 10.5. The molecular formula is C16H12N2S. The van der Waals surface area contributed by atoms with Crippen LogP contribution in [0.4, 0.5) is 11.4 Å². The van der Waals surface area contributed by atoms with E-state index < -0.39 is 0 Å². The molecule has 1 N–H and O–H groups in total. The largest absolute Gasteiger partial charge is 0.354 e. The Morgan fingerprint density at radius 3 is 2.84 bits per heavy atom. The molecule has 3 rings (SSSR count). The van der Waals surface area contributed by atoms with Crippen LogP contribution in [0.1, 0.15) is 11.1 Å². The molecule has 2 aromatic carbocycles. The van der Waals surface area contributed by atoms with Crippen molar-refractivity contribution >= 4 is 32.8 Å². The lowest BCUT2D eigenvalue weighted by molar-refractivity contribution is 1.41. The van der Waals surface area contributed by atoms with Gasteiger partial charge in [-0.1, -0.05) is 6.07 Å². The van der Waals surface area contributed by atoms with E-state index in [1.54, 1.807) is 11.3 Å². The summed E-state index contributed by atoms with van der Waals surface area (Å²) in [7, 11) is 0. The number of nitrogens with zero attached hydrogens (tertiary/aromatic N) is 1. The average Bonchev–Trinajstić information content (AvgIpc) is 2.86. The third kappa shape index (κ3) is 2.31. The van der Waals surface area contributed by atoms with Gasteiger partial charge in [0.1, 0.15) is 6.07 Å². The molecule has 0 amide bonds. The van der Waals surface area contributed by atoms with Gasteiger partial charge < -0.3 is 5.32 Å². The van der Waals surface area contributed by atoms with Crippen LogP contribution in [-0.4, -0.2) is 0 Å². The molecule has 0 unspecified atom stereocenters. The number of hydrogen-bond acceptors (Lipinski definition) is 3. The highest BCUT2D eigenvalue weighted by atomic mass is 32.1. The van der Waals surface area contributed by atoms with Gasteiger partial charge in [-0.05, 0) is 59.7 Å². The van der Waals surface area contributed by atoms with Gasteiger partial charge in [0.15, 0.2) is 0 Å². The van der Waals surface area contributed by atoms with Crippen molar-refractivity contribution in [3.05, 3.63) is 59.0 Å². The van der Waals surface area contributed by atoms with Gasteiger partial charge in [-0.2, -0.15) is 5.26 Å². The average molecular weight is 264 g/mol. The molecule has 0 aliphatic rings. The fourth-order valence-corrected chi connectivity index (χ4v) is 2.83. The number of benzene rings is 2. The van der Waals surface area contributed by atoms with Crippen molar-refractivity contribution in [1.29, 1.82) is 5.26 Å². The molecule has 0 bridgehead atoms. The fraction of sp³-hybridized carbons (Fsp3) is 0.0625. The molecule has 92 valence electrons. The van der Waals surface area contributed by atoms with E-state index in [4.69, 9.17) is 5.26 Å². The maximum Gasteiger partial charge on any atom is 0.101 e. The van der Waals surface area contributed by atoms with Gasteiger partial charge >= 0.3 is 0 Å². The van der Waals surface area contributed by atoms with Crippen LogP contribution in [0.3, 0.4) is 0 Å². The van der Waals surface area contributed by atoms with Gasteiger partial charge in [-0.3, -0.25) is 0 Å². The molecule has 3 heteroatoms. The van der Waals surface area contributed by atoms with Crippen LogP contribution in [0.25, 0.3) is 10.1 Å². The summed E-state index contributed by atoms with van der Waals surface area (Å²) in [4.78, 5) is 0. The first-order valence-electron chi connectivity index (χ1n) is 6.01. The number of nitrogens with one attached hydrogen (secondary N) is 1. The number of hydrogen-bond donors (Lipinski definition) is 1. The number of rotatable bonds is 2. The SMILES string of the molecule is Cc1ccc(C#N)c(Nc2ccc3sccc3c2)c1. The molecule has 0 radical (unpaired) electrons. The second-order valence-electron chi connectivity index (χ2n) is 4.46. The van der Waals surface area contributed by atoms with Gasteiger partial charge in [0.2, 0.25) is 0 Å². The van der Waals surface area contributed by atoms with Crippen LogP contribution >= 0.6 is 11.3 Å². The van der Waals surface area contributed by atoms with Crippen LogP contribution in [0.5, 0.6) is 0 Å². The standard InChI is InChI=1S/C16H12N2S/c1-11-2-3-13(10-17)15(8-11)18-14-4-5-16-12(9-14)6-7-19-16/h2-9,18H,1H3. The highest BCUT2D eigenvalue weighted by Gasteiger charge is 2.03. The summed E-state index contributed by atoms with van der Waals surface area (Å²) in [5, 5.41) is 15.8. The van der Waals surface area contributed by atoms with Crippen LogP contribution in [0, 0.1) is 18.3 Å². The number of anilines is 2. The minimum atomic E-state index is 0.663. The quantitative estimate of drug-likeness (QED) is 0.720. The van der Waals surface area contributed by atoms with E-state index in [2.05, 4.69) is 35.0 Å². The normalized spacial score (nSPS) is 10.3. The molecule has 0 atom stereocenters. The Bertz CT molecular complexity index is 781. The number of aryl methyl sites for hydroxylation is 1. The molecule has 0 fully saturated rings. The van der Waals surface area contributed by atoms with E-state index in [-0.39, 0.29) is 0 Å². The molecule has 3 aromatic rings. The maximum atomic E-state index is 9.14. The van der Waals surface area contributed by atoms with Gasteiger partial charge in [0.05, 0.1) is 11.3 Å². The lowest BCUT2D eigenvalue weighted by Gasteiger charge is -2.09. The number of fused-ring (bicyclic) bond motifs is 1. The van der Waals surface area contributed by atoms with E-state index in [0.717, 1.165) is 16.9 Å². The summed E-state index contributed by atoms with van der Waals surface area (Å²) in [6.07, 6.45) is 0. The molecule has 0 saturated carbocycles. The first-order chi connectivity index (χ1) is 9.26. The molecule has 1 heterocycles. The van der Waals surface area contributed by atoms with Crippen LogP contribution in [0.15, 0.2) is 47.8 Å². The van der Waals surface area contributed by atoms with E-state index in [0.29, 0.717) is 5.56 Å². The first kappa shape index (κ1) is 11.8. The zero-order valence-corrected chi connectivity index (χ0v) is 11.3. The Hall–Kier alpha value is -2.31. The van der Waals surface area contributed by atoms with Gasteiger partial charge in [-0.15, -0.1) is 11.3 Å². The van der Waals surface area contributed by atoms with Crippen molar-refractivity contribution in [3.63, 3.8) is 0 Å². The van der Waals surface area contributed by atoms with E-state index >= 15 is 0 Å². The maximum absolute atomic E-state index is 9.14. The fourth-order valence-electron chi connectivity index (χ4n) is 2.06. The van der Waals surface area contributed by atoms with Gasteiger partial charge in [-0.25, -0.2) is 0 Å². The van der Waals surface area contributed by atoms with Crippen LogP contribution in [0.2, 0.25) is 0 Å². The smallest absolute Gasteiger partial charge is 0.101 e. The third-order valence-electron chi connectivity index (χ3n) is 3.03. The Kier molecular flexibility index (Phi) is 2.94. The second kappa shape index (κ2) is 4.75.